The standard InChI is InChI=1S/C23H21N5O2/c1-6-23(4,5)27-16(3)20(28-19-10-8-7-9-17(19)13-25-28)21(29)26(22(27)30)18-11-15(2)12-24-14-18/h1,7-14H,2-5H3. The van der Waals surface area contributed by atoms with Gasteiger partial charge in [0.25, 0.3) is 5.56 Å². The molecule has 0 fully saturated rings. The molecule has 0 aliphatic heterocycles. The van der Waals surface area contributed by atoms with Crippen LogP contribution in [0.15, 0.2) is 58.5 Å². The fourth-order valence-corrected chi connectivity index (χ4v) is 3.70. The lowest BCUT2D eigenvalue weighted by molar-refractivity contribution is 0.427. The Morgan fingerprint density at radius 2 is 1.80 bits per heavy atom. The van der Waals surface area contributed by atoms with Crippen LogP contribution in [0.4, 0.5) is 0 Å². The van der Waals surface area contributed by atoms with Crippen LogP contribution >= 0.6 is 0 Å². The number of aryl methyl sites for hydroxylation is 1. The van der Waals surface area contributed by atoms with E-state index in [-0.39, 0.29) is 5.69 Å². The SMILES string of the molecule is C#CC(C)(C)n1c(C)c(-n2ncc3ccccc32)c(=O)n(-c2cncc(C)c2)c1=O. The van der Waals surface area contributed by atoms with E-state index in [1.807, 2.05) is 31.2 Å². The van der Waals surface area contributed by atoms with Crippen LogP contribution in [0.1, 0.15) is 25.1 Å². The lowest BCUT2D eigenvalue weighted by Crippen LogP contribution is -2.48. The quantitative estimate of drug-likeness (QED) is 0.497. The van der Waals surface area contributed by atoms with Crippen LogP contribution in [0.25, 0.3) is 22.3 Å². The summed E-state index contributed by atoms with van der Waals surface area (Å²) in [5.41, 5.74) is 0.703. The van der Waals surface area contributed by atoms with E-state index in [0.29, 0.717) is 11.4 Å². The molecule has 1 aromatic carbocycles. The highest BCUT2D eigenvalue weighted by molar-refractivity contribution is 5.80. The molecule has 150 valence electrons. The molecular weight excluding hydrogens is 378 g/mol. The van der Waals surface area contributed by atoms with E-state index in [9.17, 15) is 9.59 Å². The molecule has 0 aliphatic carbocycles. The van der Waals surface area contributed by atoms with Gasteiger partial charge in [-0.2, -0.15) is 5.10 Å². The van der Waals surface area contributed by atoms with E-state index >= 15 is 0 Å². The van der Waals surface area contributed by atoms with Crippen LogP contribution in [0.3, 0.4) is 0 Å². The van der Waals surface area contributed by atoms with Crippen LogP contribution in [0, 0.1) is 26.2 Å². The Bertz CT molecular complexity index is 1450. The van der Waals surface area contributed by atoms with Crippen LogP contribution in [0.2, 0.25) is 0 Å². The maximum atomic E-state index is 13.6. The van der Waals surface area contributed by atoms with E-state index in [4.69, 9.17) is 6.42 Å². The first-order chi connectivity index (χ1) is 14.3. The molecule has 0 unspecified atom stereocenters. The molecular formula is C23H21N5O2. The van der Waals surface area contributed by atoms with E-state index < -0.39 is 16.8 Å². The van der Waals surface area contributed by atoms with Crippen molar-refractivity contribution in [1.29, 1.82) is 0 Å². The van der Waals surface area contributed by atoms with Crippen LogP contribution < -0.4 is 11.2 Å². The van der Waals surface area contributed by atoms with Crippen molar-refractivity contribution in [3.63, 3.8) is 0 Å². The number of hydrogen-bond acceptors (Lipinski definition) is 4. The second kappa shape index (κ2) is 6.85. The number of terminal acetylenes is 1. The summed E-state index contributed by atoms with van der Waals surface area (Å²) in [5.74, 6) is 2.66. The van der Waals surface area contributed by atoms with Crippen molar-refractivity contribution in [3.05, 3.63) is 81.0 Å². The Hall–Kier alpha value is -3.92. The molecule has 0 radical (unpaired) electrons. The second-order valence-electron chi connectivity index (χ2n) is 7.73. The van der Waals surface area contributed by atoms with Crippen molar-refractivity contribution in [2.75, 3.05) is 0 Å². The number of hydrogen-bond donors (Lipinski definition) is 0. The highest BCUT2D eigenvalue weighted by Gasteiger charge is 2.28. The summed E-state index contributed by atoms with van der Waals surface area (Å²) in [5, 5.41) is 5.32. The zero-order valence-corrected chi connectivity index (χ0v) is 17.2. The van der Waals surface area contributed by atoms with Crippen LogP contribution in [0.5, 0.6) is 0 Å². The number of rotatable bonds is 3. The molecule has 0 amide bonds. The number of benzene rings is 1. The fourth-order valence-electron chi connectivity index (χ4n) is 3.70. The summed E-state index contributed by atoms with van der Waals surface area (Å²) in [7, 11) is 0. The number of para-hydroxylation sites is 1. The van der Waals surface area contributed by atoms with Crippen molar-refractivity contribution in [2.24, 2.45) is 0 Å². The average Bonchev–Trinajstić information content (AvgIpc) is 3.12. The maximum Gasteiger partial charge on any atom is 0.337 e. The normalized spacial score (nSPS) is 11.6. The third kappa shape index (κ3) is 2.85. The van der Waals surface area contributed by atoms with Crippen molar-refractivity contribution in [2.45, 2.75) is 33.2 Å². The molecule has 7 nitrogen and oxygen atoms in total. The summed E-state index contributed by atoms with van der Waals surface area (Å²) in [6.07, 6.45) is 10.6. The van der Waals surface area contributed by atoms with Crippen molar-refractivity contribution in [1.82, 2.24) is 23.9 Å². The first-order valence-corrected chi connectivity index (χ1v) is 9.48. The largest absolute Gasteiger partial charge is 0.337 e. The van der Waals surface area contributed by atoms with E-state index in [1.54, 1.807) is 43.9 Å². The lowest BCUT2D eigenvalue weighted by Gasteiger charge is -2.26. The fraction of sp³-hybridized carbons (Fsp3) is 0.217. The van der Waals surface area contributed by atoms with Gasteiger partial charge in [-0.15, -0.1) is 6.42 Å². The first kappa shape index (κ1) is 19.4. The molecule has 0 saturated heterocycles. The molecule has 0 N–H and O–H groups in total. The third-order valence-corrected chi connectivity index (χ3v) is 5.19. The predicted octanol–water partition coefficient (Wildman–Crippen LogP) is 2.72. The number of fused-ring (bicyclic) bond motifs is 1. The van der Waals surface area contributed by atoms with Crippen molar-refractivity contribution >= 4 is 10.9 Å². The van der Waals surface area contributed by atoms with Gasteiger partial charge in [-0.3, -0.25) is 14.3 Å². The van der Waals surface area contributed by atoms with Crippen molar-refractivity contribution < 1.29 is 0 Å². The maximum absolute atomic E-state index is 13.6. The molecule has 0 spiro atoms. The molecule has 4 rings (SSSR count). The molecule has 3 heterocycles. The zero-order valence-electron chi connectivity index (χ0n) is 17.2. The number of nitrogens with zero attached hydrogens (tertiary/aromatic N) is 5. The van der Waals surface area contributed by atoms with Gasteiger partial charge >= 0.3 is 5.69 Å². The summed E-state index contributed by atoms with van der Waals surface area (Å²) in [6, 6.07) is 9.31. The summed E-state index contributed by atoms with van der Waals surface area (Å²) >= 11 is 0. The van der Waals surface area contributed by atoms with Gasteiger partial charge in [0.05, 0.1) is 29.3 Å². The van der Waals surface area contributed by atoms with Gasteiger partial charge in [0.2, 0.25) is 0 Å². The zero-order chi connectivity index (χ0) is 21.6. The molecule has 0 bridgehead atoms. The Morgan fingerprint density at radius 3 is 2.50 bits per heavy atom. The Morgan fingerprint density at radius 1 is 1.07 bits per heavy atom. The van der Waals surface area contributed by atoms with Crippen LogP contribution in [-0.2, 0) is 5.54 Å². The van der Waals surface area contributed by atoms with Crippen LogP contribution in [-0.4, -0.2) is 23.9 Å². The summed E-state index contributed by atoms with van der Waals surface area (Å²) in [6.45, 7) is 7.08. The molecule has 0 aliphatic rings. The summed E-state index contributed by atoms with van der Waals surface area (Å²) in [4.78, 5) is 31.3. The highest BCUT2D eigenvalue weighted by Crippen LogP contribution is 2.21. The van der Waals surface area contributed by atoms with Gasteiger partial charge in [-0.05, 0) is 45.4 Å². The minimum Gasteiger partial charge on any atom is -0.279 e. The monoisotopic (exact) mass is 399 g/mol. The Labute approximate surface area is 173 Å². The van der Waals surface area contributed by atoms with E-state index in [1.165, 1.54) is 10.8 Å². The highest BCUT2D eigenvalue weighted by atomic mass is 16.2. The van der Waals surface area contributed by atoms with Crippen molar-refractivity contribution in [3.8, 4) is 23.7 Å². The summed E-state index contributed by atoms with van der Waals surface area (Å²) < 4.78 is 4.13. The molecule has 0 saturated carbocycles. The van der Waals surface area contributed by atoms with Gasteiger partial charge in [0.15, 0.2) is 5.69 Å². The average molecular weight is 399 g/mol. The Kier molecular flexibility index (Phi) is 4.43. The minimum atomic E-state index is -0.967. The molecule has 0 atom stereocenters. The predicted molar refractivity (Wildman–Crippen MR) is 116 cm³/mol. The van der Waals surface area contributed by atoms with Gasteiger partial charge in [-0.25, -0.2) is 14.0 Å². The first-order valence-electron chi connectivity index (χ1n) is 9.48. The van der Waals surface area contributed by atoms with Gasteiger partial charge in [0, 0.05) is 11.6 Å². The molecule has 30 heavy (non-hydrogen) atoms. The Balaban J connectivity index is 2.20. The van der Waals surface area contributed by atoms with E-state index in [2.05, 4.69) is 16.0 Å². The van der Waals surface area contributed by atoms with E-state index in [0.717, 1.165) is 21.0 Å². The molecule has 7 heteroatoms. The molecule has 4 aromatic rings. The minimum absolute atomic E-state index is 0.264. The van der Waals surface area contributed by atoms with Gasteiger partial charge in [0.1, 0.15) is 5.54 Å². The van der Waals surface area contributed by atoms with Gasteiger partial charge < -0.3 is 0 Å². The topological polar surface area (TPSA) is 74.7 Å². The number of aromatic nitrogens is 5. The third-order valence-electron chi connectivity index (χ3n) is 5.19. The smallest absolute Gasteiger partial charge is 0.279 e. The second-order valence-corrected chi connectivity index (χ2v) is 7.73. The lowest BCUT2D eigenvalue weighted by atomic mass is 10.1. The van der Waals surface area contributed by atoms with Gasteiger partial charge in [-0.1, -0.05) is 24.1 Å². The number of pyridine rings is 1. The molecule has 3 aromatic heterocycles.